The molecule has 0 saturated carbocycles. The number of aliphatic carboxylic acids is 1. The molecule has 3 N–H and O–H groups in total. The smallest absolute Gasteiger partial charge is 0.324 e. The Morgan fingerprint density at radius 2 is 2.14 bits per heavy atom. The van der Waals surface area contributed by atoms with Crippen LogP contribution in [0.1, 0.15) is 17.3 Å². The van der Waals surface area contributed by atoms with Crippen molar-refractivity contribution in [1.82, 2.24) is 0 Å². The molecule has 1 aliphatic heterocycles. The van der Waals surface area contributed by atoms with Crippen molar-refractivity contribution in [2.45, 2.75) is 11.8 Å². The van der Waals surface area contributed by atoms with Gasteiger partial charge in [0.1, 0.15) is 5.82 Å². The van der Waals surface area contributed by atoms with Gasteiger partial charge in [0.15, 0.2) is 11.7 Å². The van der Waals surface area contributed by atoms with E-state index in [4.69, 9.17) is 10.8 Å². The van der Waals surface area contributed by atoms with Gasteiger partial charge in [-0.3, -0.25) is 14.4 Å². The fraction of sp³-hybridized carbons (Fsp3) is 0.357. The third kappa shape index (κ3) is 2.59. The summed E-state index contributed by atoms with van der Waals surface area (Å²) in [6.07, 6.45) is 0. The van der Waals surface area contributed by atoms with Crippen LogP contribution in [0.2, 0.25) is 0 Å². The zero-order chi connectivity index (χ0) is 16.4. The normalized spacial score (nSPS) is 17.6. The Hall–Kier alpha value is -1.93. The molecule has 8 heteroatoms. The van der Waals surface area contributed by atoms with Gasteiger partial charge in [0.05, 0.1) is 11.3 Å². The van der Waals surface area contributed by atoms with Gasteiger partial charge in [-0.05, 0) is 19.1 Å². The van der Waals surface area contributed by atoms with Gasteiger partial charge in [-0.15, -0.1) is 11.8 Å². The Kier molecular flexibility index (Phi) is 4.82. The second-order valence-electron chi connectivity index (χ2n) is 4.62. The highest BCUT2D eigenvalue weighted by molar-refractivity contribution is 7.99. The van der Waals surface area contributed by atoms with E-state index in [1.807, 2.05) is 0 Å². The van der Waals surface area contributed by atoms with Crippen LogP contribution in [0.3, 0.4) is 0 Å². The van der Waals surface area contributed by atoms with Gasteiger partial charge in [0, 0.05) is 23.7 Å². The van der Waals surface area contributed by atoms with Crippen LogP contribution < -0.4 is 10.6 Å². The lowest BCUT2D eigenvalue weighted by Gasteiger charge is -2.32. The SMILES string of the molecule is CCN1C(=O)C(C(=O)O)C(=O)c2c(SCCN)ccc(F)c21. The minimum Gasteiger partial charge on any atom is -0.480 e. The summed E-state index contributed by atoms with van der Waals surface area (Å²) in [5, 5.41) is 9.17. The summed E-state index contributed by atoms with van der Waals surface area (Å²) in [6, 6.07) is 2.58. The van der Waals surface area contributed by atoms with Gasteiger partial charge in [-0.1, -0.05) is 0 Å². The molecular formula is C14H15FN2O4S. The number of hydrogen-bond donors (Lipinski definition) is 2. The molecule has 0 saturated heterocycles. The lowest BCUT2D eigenvalue weighted by atomic mass is 9.90. The fourth-order valence-electron chi connectivity index (χ4n) is 2.39. The van der Waals surface area contributed by atoms with Crippen molar-refractivity contribution >= 4 is 35.1 Å². The maximum atomic E-state index is 14.2. The van der Waals surface area contributed by atoms with E-state index in [1.165, 1.54) is 23.9 Å². The van der Waals surface area contributed by atoms with Gasteiger partial charge in [0.25, 0.3) is 0 Å². The number of benzene rings is 1. The molecule has 1 aromatic carbocycles. The van der Waals surface area contributed by atoms with Crippen LogP contribution in [0.15, 0.2) is 17.0 Å². The van der Waals surface area contributed by atoms with E-state index in [9.17, 15) is 18.8 Å². The molecule has 1 aromatic rings. The summed E-state index contributed by atoms with van der Waals surface area (Å²) in [4.78, 5) is 37.3. The monoisotopic (exact) mass is 326 g/mol. The topological polar surface area (TPSA) is 101 Å². The number of nitrogens with two attached hydrogens (primary N) is 1. The second kappa shape index (κ2) is 6.45. The van der Waals surface area contributed by atoms with E-state index in [0.717, 1.165) is 4.90 Å². The summed E-state index contributed by atoms with van der Waals surface area (Å²) in [5.74, 6) is -5.38. The summed E-state index contributed by atoms with van der Waals surface area (Å²) < 4.78 is 14.2. The molecule has 2 rings (SSSR count). The van der Waals surface area contributed by atoms with Crippen LogP contribution >= 0.6 is 11.8 Å². The van der Waals surface area contributed by atoms with Crippen molar-refractivity contribution in [1.29, 1.82) is 0 Å². The first-order valence-corrected chi connectivity index (χ1v) is 7.66. The number of nitrogens with zero attached hydrogens (tertiary/aromatic N) is 1. The van der Waals surface area contributed by atoms with Crippen LogP contribution in [0, 0.1) is 11.7 Å². The molecule has 6 nitrogen and oxygen atoms in total. The van der Waals surface area contributed by atoms with Crippen molar-refractivity contribution in [3.05, 3.63) is 23.5 Å². The molecule has 0 aromatic heterocycles. The number of Topliss-reactive ketones (excluding diaryl/α,β-unsaturated/α-hetero) is 1. The van der Waals surface area contributed by atoms with Crippen molar-refractivity contribution in [3.8, 4) is 0 Å². The van der Waals surface area contributed by atoms with E-state index in [0.29, 0.717) is 17.2 Å². The fourth-order valence-corrected chi connectivity index (χ4v) is 3.24. The average Bonchev–Trinajstić information content (AvgIpc) is 2.47. The molecule has 1 heterocycles. The average molecular weight is 326 g/mol. The molecular weight excluding hydrogens is 311 g/mol. The van der Waals surface area contributed by atoms with E-state index in [1.54, 1.807) is 6.92 Å². The van der Waals surface area contributed by atoms with Crippen LogP contribution in [0.25, 0.3) is 0 Å². The van der Waals surface area contributed by atoms with Gasteiger partial charge in [0.2, 0.25) is 5.91 Å². The highest BCUT2D eigenvalue weighted by Gasteiger charge is 2.45. The molecule has 0 spiro atoms. The predicted molar refractivity (Wildman–Crippen MR) is 79.7 cm³/mol. The Morgan fingerprint density at radius 1 is 1.45 bits per heavy atom. The zero-order valence-electron chi connectivity index (χ0n) is 11.8. The largest absolute Gasteiger partial charge is 0.480 e. The van der Waals surface area contributed by atoms with Crippen molar-refractivity contribution < 1.29 is 23.9 Å². The summed E-state index contributed by atoms with van der Waals surface area (Å²) in [5.41, 5.74) is 5.24. The number of carboxylic acids is 1. The number of hydrogen-bond acceptors (Lipinski definition) is 5. The molecule has 0 aliphatic carbocycles. The molecule has 1 aliphatic rings. The maximum absolute atomic E-state index is 14.2. The molecule has 1 unspecified atom stereocenters. The van der Waals surface area contributed by atoms with Crippen molar-refractivity contribution in [3.63, 3.8) is 0 Å². The zero-order valence-corrected chi connectivity index (χ0v) is 12.7. The maximum Gasteiger partial charge on any atom is 0.324 e. The van der Waals surface area contributed by atoms with Crippen molar-refractivity contribution in [2.24, 2.45) is 11.7 Å². The standard InChI is InChI=1S/C14H15FN2O4S/c1-2-17-11-7(15)3-4-8(22-6-5-16)9(11)12(18)10(13(17)19)14(20)21/h3-4,10H,2,5-6,16H2,1H3,(H,20,21). The Bertz CT molecular complexity index is 650. The third-order valence-corrected chi connectivity index (χ3v) is 4.41. The number of halogens is 1. The van der Waals surface area contributed by atoms with E-state index in [-0.39, 0.29) is 17.8 Å². The molecule has 0 bridgehead atoms. The Morgan fingerprint density at radius 3 is 2.68 bits per heavy atom. The first kappa shape index (κ1) is 16.4. The number of amides is 1. The number of carbonyl (C=O) groups excluding carboxylic acids is 2. The van der Waals surface area contributed by atoms with E-state index >= 15 is 0 Å². The van der Waals surface area contributed by atoms with Gasteiger partial charge in [-0.2, -0.15) is 0 Å². The van der Waals surface area contributed by atoms with Gasteiger partial charge >= 0.3 is 5.97 Å². The molecule has 1 amide bonds. The molecule has 0 fully saturated rings. The van der Waals surface area contributed by atoms with E-state index in [2.05, 4.69) is 0 Å². The number of fused-ring (bicyclic) bond motifs is 1. The van der Waals surface area contributed by atoms with Crippen molar-refractivity contribution in [2.75, 3.05) is 23.7 Å². The van der Waals surface area contributed by atoms with Gasteiger partial charge in [-0.25, -0.2) is 4.39 Å². The van der Waals surface area contributed by atoms with Crippen LogP contribution in [0.5, 0.6) is 0 Å². The number of rotatable bonds is 5. The Balaban J connectivity index is 2.67. The number of anilines is 1. The lowest BCUT2D eigenvalue weighted by molar-refractivity contribution is -0.144. The lowest BCUT2D eigenvalue weighted by Crippen LogP contribution is -2.48. The number of thioether (sulfide) groups is 1. The number of carboxylic acid groups (broad SMARTS) is 1. The minimum atomic E-state index is -1.83. The second-order valence-corrected chi connectivity index (χ2v) is 5.76. The van der Waals surface area contributed by atoms with Crippen LogP contribution in [0.4, 0.5) is 10.1 Å². The highest BCUT2D eigenvalue weighted by Crippen LogP contribution is 2.39. The first-order valence-electron chi connectivity index (χ1n) is 6.67. The molecule has 1 atom stereocenters. The van der Waals surface area contributed by atoms with Crippen LogP contribution in [-0.4, -0.2) is 41.6 Å². The molecule has 22 heavy (non-hydrogen) atoms. The van der Waals surface area contributed by atoms with Crippen LogP contribution in [-0.2, 0) is 9.59 Å². The quantitative estimate of drug-likeness (QED) is 0.621. The highest BCUT2D eigenvalue weighted by atomic mass is 32.2. The number of carbonyl (C=O) groups is 3. The molecule has 0 radical (unpaired) electrons. The summed E-state index contributed by atoms with van der Waals surface area (Å²) in [6.45, 7) is 2.02. The summed E-state index contributed by atoms with van der Waals surface area (Å²) in [7, 11) is 0. The first-order chi connectivity index (χ1) is 10.4. The predicted octanol–water partition coefficient (Wildman–Crippen LogP) is 1.13. The number of ketones is 1. The van der Waals surface area contributed by atoms with E-state index < -0.39 is 29.4 Å². The molecule has 118 valence electrons. The minimum absolute atomic E-state index is 0.0488. The van der Waals surface area contributed by atoms with Gasteiger partial charge < -0.3 is 15.7 Å². The Labute approximate surface area is 130 Å². The third-order valence-electron chi connectivity index (χ3n) is 3.32. The summed E-state index contributed by atoms with van der Waals surface area (Å²) >= 11 is 1.23.